The molecule has 2 saturated carbocycles. The van der Waals surface area contributed by atoms with E-state index >= 15 is 0 Å². The average Bonchev–Trinajstić information content (AvgIpc) is 3.90. The summed E-state index contributed by atoms with van der Waals surface area (Å²) in [6.45, 7) is 2.17. The highest BCUT2D eigenvalue weighted by atomic mass is 16.5. The van der Waals surface area contributed by atoms with E-state index in [1.807, 2.05) is 22.2 Å². The SMILES string of the molecule is COC(=O)N[C@@H](C(=O)N1[C@@H]2C[C@@H]2C[C@H]1c1ncc(-c2ccc(-c3ccc(-c4cnc([C@@H]5C[C@H]6C[C@H]6N5C(=O)[C@H](NC(=O)OC)[C@@H]5CCCOC5)[nH]4)cc3)cc2)[nH]1)[C@@H]1CCCOC1. The van der Waals surface area contributed by atoms with Gasteiger partial charge in [0.15, 0.2) is 0 Å². The molecular weight excluding hydrogens is 793 g/mol. The van der Waals surface area contributed by atoms with E-state index in [1.165, 1.54) is 14.2 Å². The smallest absolute Gasteiger partial charge is 0.407 e. The number of hydrogen-bond acceptors (Lipinski definition) is 10. The lowest BCUT2D eigenvalue weighted by Gasteiger charge is -2.35. The number of benzene rings is 2. The van der Waals surface area contributed by atoms with Crippen molar-refractivity contribution in [3.8, 4) is 33.6 Å². The quantitative estimate of drug-likeness (QED) is 0.144. The monoisotopic (exact) mass is 846 g/mol. The van der Waals surface area contributed by atoms with E-state index in [0.29, 0.717) is 38.3 Å². The van der Waals surface area contributed by atoms with E-state index in [4.69, 9.17) is 28.9 Å². The molecule has 4 saturated heterocycles. The predicted octanol–water partition coefficient (Wildman–Crippen LogP) is 5.76. The van der Waals surface area contributed by atoms with Crippen LogP contribution in [0.3, 0.4) is 0 Å². The highest BCUT2D eigenvalue weighted by Crippen LogP contribution is 2.55. The van der Waals surface area contributed by atoms with Gasteiger partial charge in [0.2, 0.25) is 11.8 Å². The van der Waals surface area contributed by atoms with E-state index in [2.05, 4.69) is 69.1 Å². The minimum Gasteiger partial charge on any atom is -0.453 e. The Hall–Kier alpha value is -5.74. The number of nitrogens with one attached hydrogen (secondary N) is 4. The lowest BCUT2D eigenvalue weighted by atomic mass is 9.92. The predicted molar refractivity (Wildman–Crippen MR) is 225 cm³/mol. The number of H-pyrrole nitrogens is 2. The summed E-state index contributed by atoms with van der Waals surface area (Å²) < 4.78 is 21.2. The van der Waals surface area contributed by atoms with Crippen LogP contribution in [0.15, 0.2) is 60.9 Å². The van der Waals surface area contributed by atoms with Crippen molar-refractivity contribution in [2.75, 3.05) is 40.6 Å². The van der Waals surface area contributed by atoms with Crippen molar-refractivity contribution in [1.82, 2.24) is 40.4 Å². The Morgan fingerprint density at radius 3 is 1.40 bits per heavy atom. The zero-order valence-electron chi connectivity index (χ0n) is 35.1. The molecular formula is C46H54N8O8. The normalized spacial score (nSPS) is 28.3. The molecule has 2 aromatic heterocycles. The second kappa shape index (κ2) is 16.9. The first-order valence-corrected chi connectivity index (χ1v) is 22.1. The third kappa shape index (κ3) is 7.82. The third-order valence-corrected chi connectivity index (χ3v) is 14.0. The summed E-state index contributed by atoms with van der Waals surface area (Å²) in [4.78, 5) is 73.6. The van der Waals surface area contributed by atoms with Gasteiger partial charge >= 0.3 is 12.2 Å². The fraction of sp³-hybridized carbons (Fsp3) is 0.522. The molecule has 0 spiro atoms. The largest absolute Gasteiger partial charge is 0.453 e. The summed E-state index contributed by atoms with van der Waals surface area (Å²) in [5, 5.41) is 5.65. The van der Waals surface area contributed by atoms with Crippen molar-refractivity contribution in [1.29, 1.82) is 0 Å². The van der Waals surface area contributed by atoms with Gasteiger partial charge in [-0.2, -0.15) is 0 Å². The molecule has 0 radical (unpaired) electrons. The standard InChI is InChI=1S/C46H54N8O8/c1-59-45(57)51-39(29-5-3-15-61-23-29)43(55)53-35-17-31(35)19-37(53)41-47-21-33(49-41)27-11-7-25(8-12-27)26-9-13-28(14-10-26)34-22-48-42(50-34)38-20-32-18-36(32)54(38)44(56)40(52-46(58)60-2)30-6-4-16-62-24-30/h7-14,21-22,29-32,35-40H,3-6,15-20,23-24H2,1-2H3,(H,47,49)(H,48,50)(H,51,57)(H,52,58)/t29-,30-,31-,32-,35-,36-,37+,38+,39-,40-/m1/s1. The Bertz CT molecular complexity index is 2120. The molecule has 6 aliphatic rings. The molecule has 6 heterocycles. The number of methoxy groups -OCH3 is 2. The molecule has 16 nitrogen and oxygen atoms in total. The van der Waals surface area contributed by atoms with Gasteiger partial charge in [0.1, 0.15) is 23.7 Å². The Morgan fingerprint density at radius 2 is 1.03 bits per heavy atom. The van der Waals surface area contributed by atoms with Gasteiger partial charge in [-0.1, -0.05) is 48.5 Å². The number of ether oxygens (including phenoxy) is 4. The zero-order chi connectivity index (χ0) is 42.5. The fourth-order valence-corrected chi connectivity index (χ4v) is 10.5. The maximum Gasteiger partial charge on any atom is 0.407 e. The van der Waals surface area contributed by atoms with Crippen LogP contribution in [0.1, 0.15) is 75.1 Å². The lowest BCUT2D eigenvalue weighted by Crippen LogP contribution is -2.54. The highest BCUT2D eigenvalue weighted by Gasteiger charge is 2.58. The number of aromatic amines is 2. The number of aromatic nitrogens is 4. The topological polar surface area (TPSA) is 193 Å². The molecule has 4 aromatic rings. The molecule has 2 aliphatic carbocycles. The number of piperidine rings is 2. The number of fused-ring (bicyclic) bond motifs is 2. The van der Waals surface area contributed by atoms with Gasteiger partial charge in [0.25, 0.3) is 0 Å². The van der Waals surface area contributed by atoms with Gasteiger partial charge in [-0.15, -0.1) is 0 Å². The maximum atomic E-state index is 14.2. The van der Waals surface area contributed by atoms with Gasteiger partial charge in [0, 0.05) is 37.1 Å². The summed E-state index contributed by atoms with van der Waals surface area (Å²) in [6.07, 6.45) is 9.30. The van der Waals surface area contributed by atoms with Crippen LogP contribution in [0.25, 0.3) is 33.6 Å². The van der Waals surface area contributed by atoms with E-state index in [9.17, 15) is 19.2 Å². The minimum absolute atomic E-state index is 0.101. The molecule has 10 atom stereocenters. The van der Waals surface area contributed by atoms with E-state index in [0.717, 1.165) is 96.7 Å². The number of amides is 4. The summed E-state index contributed by atoms with van der Waals surface area (Å²) in [5.41, 5.74) is 5.83. The molecule has 4 aliphatic heterocycles. The number of alkyl carbamates (subject to hydrolysis) is 2. The van der Waals surface area contributed by atoms with Crippen LogP contribution in [0.4, 0.5) is 9.59 Å². The van der Waals surface area contributed by atoms with Crippen LogP contribution in [0.5, 0.6) is 0 Å². The van der Waals surface area contributed by atoms with Crippen molar-refractivity contribution in [3.63, 3.8) is 0 Å². The molecule has 326 valence electrons. The number of likely N-dealkylation sites (tertiary alicyclic amines) is 2. The number of rotatable bonds is 11. The van der Waals surface area contributed by atoms with Crippen LogP contribution in [0, 0.1) is 23.7 Å². The van der Waals surface area contributed by atoms with Gasteiger partial charge in [-0.25, -0.2) is 19.6 Å². The second-order valence-electron chi connectivity index (χ2n) is 17.8. The Labute approximate surface area is 359 Å². The van der Waals surface area contributed by atoms with Crippen molar-refractivity contribution >= 4 is 24.0 Å². The van der Waals surface area contributed by atoms with Crippen molar-refractivity contribution < 1.29 is 38.1 Å². The van der Waals surface area contributed by atoms with Crippen LogP contribution < -0.4 is 10.6 Å². The number of imidazole rings is 2. The van der Waals surface area contributed by atoms with Gasteiger partial charge in [-0.3, -0.25) is 9.59 Å². The minimum atomic E-state index is -0.720. The molecule has 0 bridgehead atoms. The molecule has 62 heavy (non-hydrogen) atoms. The Kier molecular flexibility index (Phi) is 11.0. The summed E-state index contributed by atoms with van der Waals surface area (Å²) >= 11 is 0. The van der Waals surface area contributed by atoms with Crippen LogP contribution >= 0.6 is 0 Å². The highest BCUT2D eigenvalue weighted by molar-refractivity contribution is 5.88. The van der Waals surface area contributed by atoms with Crippen molar-refractivity contribution in [3.05, 3.63) is 72.6 Å². The zero-order valence-corrected chi connectivity index (χ0v) is 35.1. The first-order chi connectivity index (χ1) is 30.3. The van der Waals surface area contributed by atoms with E-state index in [-0.39, 0.29) is 47.8 Å². The number of nitrogens with zero attached hydrogens (tertiary/aromatic N) is 4. The third-order valence-electron chi connectivity index (χ3n) is 14.0. The summed E-state index contributed by atoms with van der Waals surface area (Å²) in [5.74, 6) is 1.91. The summed E-state index contributed by atoms with van der Waals surface area (Å²) in [7, 11) is 2.62. The number of carbonyl (C=O) groups excluding carboxylic acids is 4. The Balaban J connectivity index is 0.804. The van der Waals surface area contributed by atoms with Gasteiger partial charge < -0.3 is 49.3 Å². The van der Waals surface area contributed by atoms with Crippen molar-refractivity contribution in [2.45, 2.75) is 87.6 Å². The van der Waals surface area contributed by atoms with E-state index in [1.54, 1.807) is 0 Å². The Morgan fingerprint density at radius 1 is 0.629 bits per heavy atom. The van der Waals surface area contributed by atoms with Crippen molar-refractivity contribution in [2.24, 2.45) is 23.7 Å². The average molecular weight is 847 g/mol. The fourth-order valence-electron chi connectivity index (χ4n) is 10.5. The van der Waals surface area contributed by atoms with Crippen LogP contribution in [-0.2, 0) is 28.5 Å². The molecule has 0 unspecified atom stereocenters. The lowest BCUT2D eigenvalue weighted by molar-refractivity contribution is -0.139. The molecule has 6 fully saturated rings. The van der Waals surface area contributed by atoms with Crippen LogP contribution in [0.2, 0.25) is 0 Å². The summed E-state index contributed by atoms with van der Waals surface area (Å²) in [6, 6.07) is 15.1. The molecule has 2 aromatic carbocycles. The second-order valence-corrected chi connectivity index (χ2v) is 17.8. The first kappa shape index (κ1) is 40.3. The number of hydrogen-bond donors (Lipinski definition) is 4. The molecule has 16 heteroatoms. The van der Waals surface area contributed by atoms with Gasteiger partial charge in [-0.05, 0) is 85.5 Å². The van der Waals surface area contributed by atoms with E-state index < -0.39 is 24.3 Å². The molecule has 4 amide bonds. The van der Waals surface area contributed by atoms with Gasteiger partial charge in [0.05, 0.1) is 63.3 Å². The molecule has 4 N–H and O–H groups in total. The molecule has 10 rings (SSSR count). The first-order valence-electron chi connectivity index (χ1n) is 22.1. The maximum absolute atomic E-state index is 14.2. The van der Waals surface area contributed by atoms with Crippen LogP contribution in [-0.4, -0.2) is 119 Å². The number of carbonyl (C=O) groups is 4.